The number of ether oxygens (including phenoxy) is 1. The molecule has 1 unspecified atom stereocenters. The van der Waals surface area contributed by atoms with Gasteiger partial charge in [0.05, 0.1) is 12.1 Å². The first-order chi connectivity index (χ1) is 7.14. The Morgan fingerprint density at radius 3 is 2.67 bits per heavy atom. The lowest BCUT2D eigenvalue weighted by atomic mass is 9.87. The summed E-state index contributed by atoms with van der Waals surface area (Å²) in [4.78, 5) is 14.0. The lowest BCUT2D eigenvalue weighted by Gasteiger charge is -2.24. The van der Waals surface area contributed by atoms with Crippen LogP contribution in [0.5, 0.6) is 0 Å². The van der Waals surface area contributed by atoms with E-state index < -0.39 is 5.54 Å². The van der Waals surface area contributed by atoms with Gasteiger partial charge in [0.25, 0.3) is 0 Å². The van der Waals surface area contributed by atoms with Gasteiger partial charge in [0.2, 0.25) is 5.91 Å². The van der Waals surface area contributed by atoms with Crippen molar-refractivity contribution in [3.8, 4) is 0 Å². The van der Waals surface area contributed by atoms with Crippen LogP contribution in [0, 0.1) is 5.41 Å². The fourth-order valence-corrected chi connectivity index (χ4v) is 2.74. The van der Waals surface area contributed by atoms with Gasteiger partial charge in [-0.2, -0.15) is 0 Å². The average Bonchev–Trinajstić information content (AvgIpc) is 2.71. The van der Waals surface area contributed by atoms with E-state index in [1.165, 1.54) is 0 Å². The standard InChI is InChI=1S/C11H18N2O2/c12-11(1-2-11)9(14)13-5-3-10(7-13)4-6-15-8-10/h1-8,12H2. The fourth-order valence-electron chi connectivity index (χ4n) is 2.74. The highest BCUT2D eigenvalue weighted by atomic mass is 16.5. The average molecular weight is 210 g/mol. The quantitative estimate of drug-likeness (QED) is 0.668. The second-order valence-corrected chi connectivity index (χ2v) is 5.44. The number of rotatable bonds is 1. The highest BCUT2D eigenvalue weighted by molar-refractivity contribution is 5.89. The molecule has 1 atom stereocenters. The molecular weight excluding hydrogens is 192 g/mol. The Labute approximate surface area is 89.7 Å². The summed E-state index contributed by atoms with van der Waals surface area (Å²) in [6.45, 7) is 3.43. The maximum atomic E-state index is 12.0. The number of hydrogen-bond acceptors (Lipinski definition) is 3. The predicted molar refractivity (Wildman–Crippen MR) is 55.2 cm³/mol. The fraction of sp³-hybridized carbons (Fsp3) is 0.909. The SMILES string of the molecule is NC1(C(=O)N2CCC3(CCOC3)C2)CC1. The summed E-state index contributed by atoms with van der Waals surface area (Å²) in [5.41, 5.74) is 5.70. The molecule has 1 saturated carbocycles. The molecule has 2 N–H and O–H groups in total. The number of carbonyl (C=O) groups excluding carboxylic acids is 1. The Hall–Kier alpha value is -0.610. The van der Waals surface area contributed by atoms with E-state index in [0.29, 0.717) is 0 Å². The van der Waals surface area contributed by atoms with Crippen LogP contribution in [0.15, 0.2) is 0 Å². The summed E-state index contributed by atoms with van der Waals surface area (Å²) in [6, 6.07) is 0. The first-order valence-corrected chi connectivity index (χ1v) is 5.80. The van der Waals surface area contributed by atoms with E-state index >= 15 is 0 Å². The van der Waals surface area contributed by atoms with Crippen LogP contribution < -0.4 is 5.73 Å². The van der Waals surface area contributed by atoms with Gasteiger partial charge in [0, 0.05) is 25.1 Å². The molecular formula is C11H18N2O2. The van der Waals surface area contributed by atoms with Crippen LogP contribution in [0.3, 0.4) is 0 Å². The van der Waals surface area contributed by atoms with E-state index in [1.54, 1.807) is 0 Å². The summed E-state index contributed by atoms with van der Waals surface area (Å²) in [5.74, 6) is 0.172. The van der Waals surface area contributed by atoms with Gasteiger partial charge in [-0.05, 0) is 25.7 Å². The predicted octanol–water partition coefficient (Wildman–Crippen LogP) is 0.117. The Balaban J connectivity index is 1.68. The van der Waals surface area contributed by atoms with E-state index in [2.05, 4.69) is 0 Å². The van der Waals surface area contributed by atoms with Crippen molar-refractivity contribution in [1.29, 1.82) is 0 Å². The van der Waals surface area contributed by atoms with Gasteiger partial charge in [-0.1, -0.05) is 0 Å². The third-order valence-corrected chi connectivity index (χ3v) is 4.13. The topological polar surface area (TPSA) is 55.6 Å². The van der Waals surface area contributed by atoms with Crippen LogP contribution in [0.1, 0.15) is 25.7 Å². The molecule has 3 fully saturated rings. The zero-order chi connectivity index (χ0) is 10.5. The van der Waals surface area contributed by atoms with E-state index in [9.17, 15) is 4.79 Å². The number of nitrogens with zero attached hydrogens (tertiary/aromatic N) is 1. The maximum absolute atomic E-state index is 12.0. The summed E-state index contributed by atoms with van der Waals surface area (Å²) >= 11 is 0. The van der Waals surface area contributed by atoms with Gasteiger partial charge in [-0.3, -0.25) is 4.79 Å². The van der Waals surface area contributed by atoms with Crippen molar-refractivity contribution in [3.05, 3.63) is 0 Å². The van der Waals surface area contributed by atoms with Gasteiger partial charge in [-0.15, -0.1) is 0 Å². The van der Waals surface area contributed by atoms with E-state index in [-0.39, 0.29) is 11.3 Å². The van der Waals surface area contributed by atoms with Crippen molar-refractivity contribution in [3.63, 3.8) is 0 Å². The first-order valence-electron chi connectivity index (χ1n) is 5.80. The smallest absolute Gasteiger partial charge is 0.242 e. The van der Waals surface area contributed by atoms with Crippen molar-refractivity contribution in [2.24, 2.45) is 11.1 Å². The molecule has 1 aliphatic carbocycles. The van der Waals surface area contributed by atoms with Crippen LogP contribution in [-0.4, -0.2) is 42.6 Å². The second kappa shape index (κ2) is 2.95. The van der Waals surface area contributed by atoms with E-state index in [1.807, 2.05) is 4.90 Å². The molecule has 0 aromatic rings. The minimum atomic E-state index is -0.495. The molecule has 15 heavy (non-hydrogen) atoms. The number of amides is 1. The Kier molecular flexibility index (Phi) is 1.89. The molecule has 2 heterocycles. The summed E-state index contributed by atoms with van der Waals surface area (Å²) in [7, 11) is 0. The van der Waals surface area contributed by atoms with E-state index in [4.69, 9.17) is 10.5 Å². The molecule has 84 valence electrons. The highest BCUT2D eigenvalue weighted by Gasteiger charge is 2.51. The highest BCUT2D eigenvalue weighted by Crippen LogP contribution is 2.41. The van der Waals surface area contributed by atoms with Crippen LogP contribution in [0.4, 0.5) is 0 Å². The monoisotopic (exact) mass is 210 g/mol. The molecule has 0 bridgehead atoms. The van der Waals surface area contributed by atoms with E-state index in [0.717, 1.165) is 52.0 Å². The largest absolute Gasteiger partial charge is 0.381 e. The molecule has 0 aromatic carbocycles. The Morgan fingerprint density at radius 1 is 1.27 bits per heavy atom. The molecule has 2 saturated heterocycles. The van der Waals surface area contributed by atoms with Crippen LogP contribution in [0.25, 0.3) is 0 Å². The van der Waals surface area contributed by atoms with Crippen molar-refractivity contribution < 1.29 is 9.53 Å². The minimum Gasteiger partial charge on any atom is -0.381 e. The molecule has 1 spiro atoms. The molecule has 2 aliphatic heterocycles. The molecule has 4 nitrogen and oxygen atoms in total. The Bertz CT molecular complexity index is 293. The lowest BCUT2D eigenvalue weighted by molar-refractivity contribution is -0.132. The van der Waals surface area contributed by atoms with Crippen LogP contribution in [-0.2, 0) is 9.53 Å². The summed E-state index contributed by atoms with van der Waals surface area (Å²) < 4.78 is 5.44. The zero-order valence-electron chi connectivity index (χ0n) is 9.00. The second-order valence-electron chi connectivity index (χ2n) is 5.44. The summed E-state index contributed by atoms with van der Waals surface area (Å²) in [6.07, 6.45) is 3.93. The maximum Gasteiger partial charge on any atom is 0.242 e. The number of hydrogen-bond donors (Lipinski definition) is 1. The molecule has 4 heteroatoms. The van der Waals surface area contributed by atoms with Crippen LogP contribution in [0.2, 0.25) is 0 Å². The lowest BCUT2D eigenvalue weighted by Crippen LogP contribution is -2.45. The third-order valence-electron chi connectivity index (χ3n) is 4.13. The van der Waals surface area contributed by atoms with Crippen molar-refractivity contribution >= 4 is 5.91 Å². The van der Waals surface area contributed by atoms with Crippen LogP contribution >= 0.6 is 0 Å². The van der Waals surface area contributed by atoms with Gasteiger partial charge in [0.1, 0.15) is 0 Å². The zero-order valence-corrected chi connectivity index (χ0v) is 9.00. The Morgan fingerprint density at radius 2 is 2.07 bits per heavy atom. The third kappa shape index (κ3) is 1.47. The minimum absolute atomic E-state index is 0.172. The molecule has 1 amide bonds. The molecule has 3 rings (SSSR count). The normalized spacial score (nSPS) is 37.5. The number of likely N-dealkylation sites (tertiary alicyclic amines) is 1. The number of carbonyl (C=O) groups is 1. The van der Waals surface area contributed by atoms with Crippen molar-refractivity contribution in [2.75, 3.05) is 26.3 Å². The summed E-state index contributed by atoms with van der Waals surface area (Å²) in [5, 5.41) is 0. The van der Waals surface area contributed by atoms with Crippen molar-refractivity contribution in [2.45, 2.75) is 31.2 Å². The van der Waals surface area contributed by atoms with Gasteiger partial charge in [-0.25, -0.2) is 0 Å². The van der Waals surface area contributed by atoms with Gasteiger partial charge < -0.3 is 15.4 Å². The molecule has 0 aromatic heterocycles. The molecule has 3 aliphatic rings. The van der Waals surface area contributed by atoms with Gasteiger partial charge in [0.15, 0.2) is 0 Å². The van der Waals surface area contributed by atoms with Gasteiger partial charge >= 0.3 is 0 Å². The first kappa shape index (κ1) is 9.60. The molecule has 0 radical (unpaired) electrons. The van der Waals surface area contributed by atoms with Crippen molar-refractivity contribution in [1.82, 2.24) is 4.90 Å². The number of nitrogens with two attached hydrogens (primary N) is 1.